The molecule has 1 aliphatic carbocycles. The van der Waals surface area contributed by atoms with Crippen molar-refractivity contribution in [2.45, 2.75) is 25.0 Å². The molecule has 4 heteroatoms. The minimum Gasteiger partial charge on any atom is -0.396 e. The number of carbonyl (C=O) groups excluding carboxylic acids is 1. The summed E-state index contributed by atoms with van der Waals surface area (Å²) in [5.74, 6) is -0.334. The molecule has 31 heavy (non-hydrogen) atoms. The molecule has 1 heterocycles. The van der Waals surface area contributed by atoms with E-state index in [1.165, 1.54) is 0 Å². The third kappa shape index (κ3) is 3.01. The molecule has 3 aromatic carbocycles. The van der Waals surface area contributed by atoms with Crippen LogP contribution in [0.5, 0.6) is 0 Å². The lowest BCUT2D eigenvalue weighted by Crippen LogP contribution is -2.32. The molecule has 1 aliphatic heterocycles. The standard InChI is InChI=1S/C27H27NO3/c29-19-26(16-20-10-4-1-5-11-20)23(22-14-8-3-9-15-22)27(26)18-28(25(31)24(27)30)17-21-12-6-2-7-13-21/h1-15,23-24,29-30H,16-19H2/t23-,24+,26+,27+/m0/s1. The van der Waals surface area contributed by atoms with Crippen molar-refractivity contribution in [1.29, 1.82) is 0 Å². The van der Waals surface area contributed by atoms with E-state index in [0.29, 0.717) is 19.5 Å². The number of aliphatic hydroxyl groups excluding tert-OH is 2. The average Bonchev–Trinajstić information content (AvgIpc) is 3.31. The monoisotopic (exact) mass is 413 g/mol. The Hall–Kier alpha value is -2.95. The number of hydrogen-bond acceptors (Lipinski definition) is 3. The molecule has 158 valence electrons. The van der Waals surface area contributed by atoms with Gasteiger partial charge in [0.1, 0.15) is 6.10 Å². The number of rotatable bonds is 6. The highest BCUT2D eigenvalue weighted by Crippen LogP contribution is 2.78. The van der Waals surface area contributed by atoms with Gasteiger partial charge in [-0.2, -0.15) is 0 Å². The van der Waals surface area contributed by atoms with Crippen LogP contribution < -0.4 is 0 Å². The Balaban J connectivity index is 1.54. The summed E-state index contributed by atoms with van der Waals surface area (Å²) in [5.41, 5.74) is 1.92. The van der Waals surface area contributed by atoms with E-state index in [-0.39, 0.29) is 18.4 Å². The second kappa shape index (κ2) is 7.63. The smallest absolute Gasteiger partial charge is 0.252 e. The van der Waals surface area contributed by atoms with Crippen molar-refractivity contribution >= 4 is 5.91 Å². The molecule has 0 unspecified atom stereocenters. The lowest BCUT2D eigenvalue weighted by atomic mass is 9.85. The number of benzene rings is 3. The summed E-state index contributed by atoms with van der Waals surface area (Å²) in [6, 6.07) is 29.9. The zero-order chi connectivity index (χ0) is 21.5. The van der Waals surface area contributed by atoms with Gasteiger partial charge in [-0.1, -0.05) is 91.0 Å². The van der Waals surface area contributed by atoms with E-state index in [9.17, 15) is 15.0 Å². The Morgan fingerprint density at radius 3 is 1.97 bits per heavy atom. The first-order valence-electron chi connectivity index (χ1n) is 10.8. The van der Waals surface area contributed by atoms with Gasteiger partial charge in [-0.05, 0) is 23.1 Å². The lowest BCUT2D eigenvalue weighted by Gasteiger charge is -2.22. The van der Waals surface area contributed by atoms with Gasteiger partial charge in [0.25, 0.3) is 5.91 Å². The van der Waals surface area contributed by atoms with E-state index >= 15 is 0 Å². The van der Waals surface area contributed by atoms with Crippen LogP contribution in [0, 0.1) is 10.8 Å². The van der Waals surface area contributed by atoms with Crippen LogP contribution >= 0.6 is 0 Å². The minimum atomic E-state index is -1.13. The van der Waals surface area contributed by atoms with Crippen LogP contribution in [-0.2, 0) is 17.8 Å². The molecule has 2 fully saturated rings. The Kier molecular flexibility index (Phi) is 4.92. The topological polar surface area (TPSA) is 60.8 Å². The Labute approximate surface area is 182 Å². The van der Waals surface area contributed by atoms with E-state index in [0.717, 1.165) is 16.7 Å². The molecule has 1 saturated heterocycles. The van der Waals surface area contributed by atoms with Gasteiger partial charge in [0.05, 0.1) is 6.61 Å². The maximum absolute atomic E-state index is 13.2. The van der Waals surface area contributed by atoms with Gasteiger partial charge < -0.3 is 15.1 Å². The zero-order valence-electron chi connectivity index (χ0n) is 17.4. The lowest BCUT2D eigenvalue weighted by molar-refractivity contribution is -0.136. The number of hydrogen-bond donors (Lipinski definition) is 2. The van der Waals surface area contributed by atoms with Gasteiger partial charge in [0.15, 0.2) is 0 Å². The highest BCUT2D eigenvalue weighted by molar-refractivity contribution is 5.86. The molecule has 1 spiro atoms. The quantitative estimate of drug-likeness (QED) is 0.651. The summed E-state index contributed by atoms with van der Waals surface area (Å²) >= 11 is 0. The number of nitrogens with zero attached hydrogens (tertiary/aromatic N) is 1. The first kappa shape index (κ1) is 20.0. The molecule has 0 bridgehead atoms. The van der Waals surface area contributed by atoms with Gasteiger partial charge in [-0.15, -0.1) is 0 Å². The van der Waals surface area contributed by atoms with E-state index < -0.39 is 16.9 Å². The molecule has 1 amide bonds. The minimum absolute atomic E-state index is 0.0784. The fourth-order valence-electron chi connectivity index (χ4n) is 5.97. The third-order valence-corrected chi connectivity index (χ3v) is 7.39. The van der Waals surface area contributed by atoms with Crippen molar-refractivity contribution < 1.29 is 15.0 Å². The fraction of sp³-hybridized carbons (Fsp3) is 0.296. The number of likely N-dealkylation sites (tertiary alicyclic amines) is 1. The molecule has 2 N–H and O–H groups in total. The molecule has 0 radical (unpaired) electrons. The van der Waals surface area contributed by atoms with Crippen LogP contribution in [0.4, 0.5) is 0 Å². The number of amides is 1. The zero-order valence-corrected chi connectivity index (χ0v) is 17.4. The van der Waals surface area contributed by atoms with Crippen LogP contribution in [-0.4, -0.2) is 40.3 Å². The van der Waals surface area contributed by atoms with Crippen LogP contribution in [0.1, 0.15) is 22.6 Å². The van der Waals surface area contributed by atoms with E-state index in [4.69, 9.17) is 0 Å². The van der Waals surface area contributed by atoms with E-state index in [1.807, 2.05) is 78.9 Å². The fourth-order valence-corrected chi connectivity index (χ4v) is 5.97. The third-order valence-electron chi connectivity index (χ3n) is 7.39. The van der Waals surface area contributed by atoms with Crippen molar-refractivity contribution in [1.82, 2.24) is 4.90 Å². The summed E-state index contributed by atoms with van der Waals surface area (Å²) in [5, 5.41) is 22.0. The molecule has 1 saturated carbocycles. The highest BCUT2D eigenvalue weighted by atomic mass is 16.3. The van der Waals surface area contributed by atoms with Crippen molar-refractivity contribution in [2.24, 2.45) is 10.8 Å². The molecule has 3 aromatic rings. The van der Waals surface area contributed by atoms with Gasteiger partial charge >= 0.3 is 0 Å². The van der Waals surface area contributed by atoms with Gasteiger partial charge in [0.2, 0.25) is 0 Å². The molecule has 4 atom stereocenters. The summed E-state index contributed by atoms with van der Waals surface area (Å²) in [7, 11) is 0. The second-order valence-corrected chi connectivity index (χ2v) is 8.94. The van der Waals surface area contributed by atoms with E-state index in [2.05, 4.69) is 12.1 Å². The average molecular weight is 414 g/mol. The van der Waals surface area contributed by atoms with Crippen LogP contribution in [0.2, 0.25) is 0 Å². The predicted molar refractivity (Wildman–Crippen MR) is 119 cm³/mol. The maximum Gasteiger partial charge on any atom is 0.252 e. The first-order valence-corrected chi connectivity index (χ1v) is 10.8. The largest absolute Gasteiger partial charge is 0.396 e. The number of aliphatic hydroxyl groups is 2. The molecule has 4 nitrogen and oxygen atoms in total. The van der Waals surface area contributed by atoms with Crippen molar-refractivity contribution in [3.05, 3.63) is 108 Å². The molecular formula is C27H27NO3. The van der Waals surface area contributed by atoms with Crippen LogP contribution in [0.3, 0.4) is 0 Å². The summed E-state index contributed by atoms with van der Waals surface area (Å²) in [6.07, 6.45) is -0.509. The van der Waals surface area contributed by atoms with Crippen LogP contribution in [0.25, 0.3) is 0 Å². The van der Waals surface area contributed by atoms with Crippen molar-refractivity contribution in [3.63, 3.8) is 0 Å². The first-order chi connectivity index (χ1) is 15.1. The summed E-state index contributed by atoms with van der Waals surface area (Å²) in [4.78, 5) is 15.0. The predicted octanol–water partition coefficient (Wildman–Crippen LogP) is 3.39. The highest BCUT2D eigenvalue weighted by Gasteiger charge is 2.82. The maximum atomic E-state index is 13.2. The van der Waals surface area contributed by atoms with Gasteiger partial charge in [-0.3, -0.25) is 4.79 Å². The Morgan fingerprint density at radius 2 is 1.39 bits per heavy atom. The van der Waals surface area contributed by atoms with Crippen molar-refractivity contribution in [3.8, 4) is 0 Å². The SMILES string of the molecule is O=C1[C@@H](O)[C@@]2(CN1Cc1ccccc1)[C@@H](c1ccccc1)[C@]2(CO)Cc1ccccc1. The second-order valence-electron chi connectivity index (χ2n) is 8.94. The summed E-state index contributed by atoms with van der Waals surface area (Å²) in [6.45, 7) is 0.826. The Morgan fingerprint density at radius 1 is 0.839 bits per heavy atom. The molecule has 2 aliphatic rings. The van der Waals surface area contributed by atoms with Gasteiger partial charge in [0, 0.05) is 29.8 Å². The molecular weight excluding hydrogens is 386 g/mol. The van der Waals surface area contributed by atoms with E-state index in [1.54, 1.807) is 4.90 Å². The Bertz CT molecular complexity index is 1060. The summed E-state index contributed by atoms with van der Waals surface area (Å²) < 4.78 is 0. The normalized spacial score (nSPS) is 29.5. The van der Waals surface area contributed by atoms with Crippen molar-refractivity contribution in [2.75, 3.05) is 13.2 Å². The number of carbonyl (C=O) groups is 1. The molecule has 5 rings (SSSR count). The van der Waals surface area contributed by atoms with Crippen LogP contribution in [0.15, 0.2) is 91.0 Å². The molecule has 0 aromatic heterocycles. The van der Waals surface area contributed by atoms with Gasteiger partial charge in [-0.25, -0.2) is 0 Å².